The van der Waals surface area contributed by atoms with Crippen molar-refractivity contribution in [3.8, 4) is 0 Å². The van der Waals surface area contributed by atoms with Crippen LogP contribution in [0.15, 0.2) is 35.5 Å². The standard InChI is InChI=1S/C28H42O5/c1-18(8-13-25(31)27(2,3)26(32)33-5)23-11-12-24-20(7-6-14-28(23,24)4)10-9-19-15-21(29)17-22(30)16-19/h8-10,13,18,21-24,29-30H,6-7,11-12,14-17H2,1-5H3/b13-8+,20-10+/t18-,21-,22-,23-,24+,28-/m1/s1. The van der Waals surface area contributed by atoms with Crippen molar-refractivity contribution in [3.05, 3.63) is 35.5 Å². The molecule has 0 bridgehead atoms. The number of fused-ring (bicyclic) bond motifs is 1. The van der Waals surface area contributed by atoms with E-state index in [0.29, 0.717) is 31.1 Å². The lowest BCUT2D eigenvalue weighted by atomic mass is 9.61. The summed E-state index contributed by atoms with van der Waals surface area (Å²) in [5.41, 5.74) is 1.66. The number of allylic oxidation sites excluding steroid dienone is 5. The monoisotopic (exact) mass is 458 g/mol. The number of aliphatic hydroxyl groups excluding tert-OH is 2. The number of carbonyl (C=O) groups is 2. The van der Waals surface area contributed by atoms with Crippen LogP contribution in [0.4, 0.5) is 0 Å². The Balaban J connectivity index is 1.72. The van der Waals surface area contributed by atoms with Crippen LogP contribution in [0.25, 0.3) is 0 Å². The Labute approximate surface area is 199 Å². The second-order valence-electron chi connectivity index (χ2n) is 11.3. The van der Waals surface area contributed by atoms with E-state index in [2.05, 4.69) is 26.0 Å². The normalized spacial score (nSPS) is 34.9. The topological polar surface area (TPSA) is 83.8 Å². The molecular weight excluding hydrogens is 416 g/mol. The predicted molar refractivity (Wildman–Crippen MR) is 129 cm³/mol. The van der Waals surface area contributed by atoms with Crippen LogP contribution in [0.5, 0.6) is 0 Å². The van der Waals surface area contributed by atoms with E-state index in [1.165, 1.54) is 19.1 Å². The smallest absolute Gasteiger partial charge is 0.319 e. The van der Waals surface area contributed by atoms with Crippen molar-refractivity contribution in [1.82, 2.24) is 0 Å². The fraction of sp³-hybridized carbons (Fsp3) is 0.714. The first-order valence-corrected chi connectivity index (χ1v) is 12.5. The molecule has 0 spiro atoms. The first-order valence-electron chi connectivity index (χ1n) is 12.5. The Morgan fingerprint density at radius 1 is 1.15 bits per heavy atom. The summed E-state index contributed by atoms with van der Waals surface area (Å²) >= 11 is 0. The minimum absolute atomic E-state index is 0.193. The number of aliphatic hydroxyl groups is 2. The van der Waals surface area contributed by atoms with Gasteiger partial charge in [0.15, 0.2) is 5.78 Å². The molecule has 3 fully saturated rings. The first kappa shape index (κ1) is 25.9. The summed E-state index contributed by atoms with van der Waals surface area (Å²) in [6.07, 6.45) is 14.7. The summed E-state index contributed by atoms with van der Waals surface area (Å²) in [5.74, 6) is 0.547. The second-order valence-corrected chi connectivity index (χ2v) is 11.3. The number of hydrogen-bond acceptors (Lipinski definition) is 5. The van der Waals surface area contributed by atoms with Gasteiger partial charge in [-0.05, 0) is 94.5 Å². The van der Waals surface area contributed by atoms with Crippen LogP contribution in [0.3, 0.4) is 0 Å². The molecule has 3 aliphatic rings. The van der Waals surface area contributed by atoms with Crippen molar-refractivity contribution >= 4 is 11.8 Å². The van der Waals surface area contributed by atoms with Crippen LogP contribution < -0.4 is 0 Å². The Hall–Kier alpha value is -1.72. The summed E-state index contributed by atoms with van der Waals surface area (Å²) < 4.78 is 4.79. The zero-order chi connectivity index (χ0) is 24.4. The van der Waals surface area contributed by atoms with Crippen LogP contribution >= 0.6 is 0 Å². The first-order chi connectivity index (χ1) is 15.5. The van der Waals surface area contributed by atoms with E-state index >= 15 is 0 Å². The maximum absolute atomic E-state index is 12.6. The molecule has 6 atom stereocenters. The minimum Gasteiger partial charge on any atom is -0.468 e. The number of rotatable bonds is 6. The number of hydrogen-bond donors (Lipinski definition) is 2. The maximum Gasteiger partial charge on any atom is 0.319 e. The molecule has 3 saturated carbocycles. The van der Waals surface area contributed by atoms with Crippen molar-refractivity contribution in [2.24, 2.45) is 28.6 Å². The molecule has 0 aliphatic heterocycles. The van der Waals surface area contributed by atoms with Gasteiger partial charge in [0.2, 0.25) is 0 Å². The van der Waals surface area contributed by atoms with Crippen LogP contribution in [0, 0.1) is 28.6 Å². The van der Waals surface area contributed by atoms with E-state index in [9.17, 15) is 19.8 Å². The average Bonchev–Trinajstić information content (AvgIpc) is 3.11. The van der Waals surface area contributed by atoms with Crippen molar-refractivity contribution in [2.75, 3.05) is 7.11 Å². The number of ketones is 1. The van der Waals surface area contributed by atoms with Crippen LogP contribution in [0.1, 0.15) is 79.1 Å². The molecule has 33 heavy (non-hydrogen) atoms. The number of carbonyl (C=O) groups excluding carboxylic acids is 2. The van der Waals surface area contributed by atoms with Gasteiger partial charge in [0.25, 0.3) is 0 Å². The molecule has 0 aromatic rings. The van der Waals surface area contributed by atoms with Crippen molar-refractivity contribution < 1.29 is 24.5 Å². The van der Waals surface area contributed by atoms with Gasteiger partial charge in [0, 0.05) is 0 Å². The molecule has 0 unspecified atom stereocenters. The van der Waals surface area contributed by atoms with Gasteiger partial charge in [-0.1, -0.05) is 43.2 Å². The van der Waals surface area contributed by atoms with Crippen molar-refractivity contribution in [3.63, 3.8) is 0 Å². The molecule has 0 amide bonds. The molecule has 5 nitrogen and oxygen atoms in total. The highest BCUT2D eigenvalue weighted by Crippen LogP contribution is 2.59. The Bertz CT molecular complexity index is 823. The predicted octanol–water partition coefficient (Wildman–Crippen LogP) is 4.92. The second kappa shape index (κ2) is 10.3. The third-order valence-electron chi connectivity index (χ3n) is 8.61. The van der Waals surface area contributed by atoms with Gasteiger partial charge in [0.1, 0.15) is 5.41 Å². The molecule has 3 rings (SSSR count). The van der Waals surface area contributed by atoms with Crippen LogP contribution in [-0.4, -0.2) is 41.3 Å². The zero-order valence-corrected chi connectivity index (χ0v) is 21.0. The van der Waals surface area contributed by atoms with Gasteiger partial charge >= 0.3 is 5.97 Å². The van der Waals surface area contributed by atoms with Gasteiger partial charge in [-0.15, -0.1) is 0 Å². The van der Waals surface area contributed by atoms with E-state index < -0.39 is 23.6 Å². The number of ether oxygens (including phenoxy) is 1. The summed E-state index contributed by atoms with van der Waals surface area (Å²) in [4.78, 5) is 24.6. The highest BCUT2D eigenvalue weighted by Gasteiger charge is 2.50. The third kappa shape index (κ3) is 5.51. The molecule has 3 aliphatic carbocycles. The lowest BCUT2D eigenvalue weighted by Gasteiger charge is -2.44. The molecule has 0 heterocycles. The van der Waals surface area contributed by atoms with Crippen molar-refractivity contribution in [1.29, 1.82) is 0 Å². The van der Waals surface area contributed by atoms with E-state index in [0.717, 1.165) is 31.3 Å². The molecule has 0 aromatic carbocycles. The number of esters is 1. The lowest BCUT2D eigenvalue weighted by Crippen LogP contribution is -2.36. The van der Waals surface area contributed by atoms with Crippen molar-refractivity contribution in [2.45, 2.75) is 91.3 Å². The van der Waals surface area contributed by atoms with Gasteiger partial charge in [-0.2, -0.15) is 0 Å². The highest BCUT2D eigenvalue weighted by molar-refractivity contribution is 6.08. The quantitative estimate of drug-likeness (QED) is 0.335. The van der Waals surface area contributed by atoms with E-state index in [1.54, 1.807) is 19.9 Å². The Kier molecular flexibility index (Phi) is 8.06. The lowest BCUT2D eigenvalue weighted by molar-refractivity contribution is -0.154. The molecule has 0 saturated heterocycles. The van der Waals surface area contributed by atoms with Crippen LogP contribution in [-0.2, 0) is 14.3 Å². The van der Waals surface area contributed by atoms with Gasteiger partial charge in [-0.3, -0.25) is 9.59 Å². The third-order valence-corrected chi connectivity index (χ3v) is 8.61. The van der Waals surface area contributed by atoms with E-state index in [4.69, 9.17) is 4.74 Å². The van der Waals surface area contributed by atoms with E-state index in [-0.39, 0.29) is 17.1 Å². The zero-order valence-electron chi connectivity index (χ0n) is 21.0. The van der Waals surface area contributed by atoms with Gasteiger partial charge < -0.3 is 14.9 Å². The molecule has 5 heteroatoms. The van der Waals surface area contributed by atoms with Crippen LogP contribution in [0.2, 0.25) is 0 Å². The Morgan fingerprint density at radius 3 is 2.45 bits per heavy atom. The number of methoxy groups -OCH3 is 1. The van der Waals surface area contributed by atoms with Gasteiger partial charge in [-0.25, -0.2) is 0 Å². The SMILES string of the molecule is COC(=O)C(C)(C)C(=O)/C=C/[C@@H](C)[C@H]1CC[C@H]2/C(=C/C=C3C[C@@H](O)C[C@H](O)C3)CCC[C@]12C. The molecule has 184 valence electrons. The minimum atomic E-state index is -1.17. The largest absolute Gasteiger partial charge is 0.468 e. The summed E-state index contributed by atoms with van der Waals surface area (Å²) in [5, 5.41) is 20.0. The molecule has 0 radical (unpaired) electrons. The van der Waals surface area contributed by atoms with E-state index in [1.807, 2.05) is 6.08 Å². The summed E-state index contributed by atoms with van der Waals surface area (Å²) in [6.45, 7) is 7.83. The summed E-state index contributed by atoms with van der Waals surface area (Å²) in [7, 11) is 1.31. The summed E-state index contributed by atoms with van der Waals surface area (Å²) in [6, 6.07) is 0. The fourth-order valence-electron chi connectivity index (χ4n) is 6.61. The fourth-order valence-corrected chi connectivity index (χ4v) is 6.61. The van der Waals surface area contributed by atoms with Gasteiger partial charge in [0.05, 0.1) is 19.3 Å². The maximum atomic E-state index is 12.6. The Morgan fingerprint density at radius 2 is 1.82 bits per heavy atom. The molecule has 0 aromatic heterocycles. The average molecular weight is 459 g/mol. The molecule has 2 N–H and O–H groups in total. The highest BCUT2D eigenvalue weighted by atomic mass is 16.5. The molecular formula is C28H42O5.